The average molecular weight is 173 g/mol. The average Bonchev–Trinajstić information content (AvgIpc) is 1.97. The third-order valence-electron chi connectivity index (χ3n) is 1.30. The van der Waals surface area contributed by atoms with Gasteiger partial charge >= 0.3 is 0 Å². The summed E-state index contributed by atoms with van der Waals surface area (Å²) in [5, 5.41) is 24.4. The summed E-state index contributed by atoms with van der Waals surface area (Å²) in [5.41, 5.74) is 0.558. The fourth-order valence-electron chi connectivity index (χ4n) is 0.720. The Balaban J connectivity index is 4.43. The Hall–Kier alpha value is -1.10. The largest absolute Gasteiger partial charge is 0.792 e. The number of oxime groups is 1. The van der Waals surface area contributed by atoms with Crippen LogP contribution >= 0.6 is 0 Å². The Morgan fingerprint density at radius 3 is 2.17 bits per heavy atom. The van der Waals surface area contributed by atoms with Crippen molar-refractivity contribution in [1.82, 2.24) is 0 Å². The van der Waals surface area contributed by atoms with Gasteiger partial charge in [0.1, 0.15) is 6.54 Å². The molecule has 0 aliphatic rings. The molecule has 0 radical (unpaired) electrons. The van der Waals surface area contributed by atoms with Crippen molar-refractivity contribution in [2.75, 3.05) is 27.7 Å². The second kappa shape index (κ2) is 4.06. The summed E-state index contributed by atoms with van der Waals surface area (Å²) in [6.45, 7) is 2.01. The minimum Gasteiger partial charge on any atom is -0.792 e. The molecule has 0 aromatic carbocycles. The molecule has 0 unspecified atom stereocenters. The molecule has 5 nitrogen and oxygen atoms in total. The third kappa shape index (κ3) is 3.92. The van der Waals surface area contributed by atoms with E-state index in [0.717, 1.165) is 0 Å². The molecule has 0 heterocycles. The van der Waals surface area contributed by atoms with Crippen molar-refractivity contribution in [2.45, 2.75) is 6.92 Å². The van der Waals surface area contributed by atoms with Gasteiger partial charge in [-0.2, -0.15) is 0 Å². The molecule has 0 aliphatic heterocycles. The lowest BCUT2D eigenvalue weighted by Crippen LogP contribution is -2.41. The van der Waals surface area contributed by atoms with Gasteiger partial charge in [0.15, 0.2) is 5.71 Å². The SMILES string of the molecule is CC(=N\[O-])/C(C[N+](C)(C)C)=N\O. The van der Waals surface area contributed by atoms with Crippen molar-refractivity contribution in [3.8, 4) is 0 Å². The Kier molecular flexibility index (Phi) is 3.69. The van der Waals surface area contributed by atoms with Crippen LogP contribution < -0.4 is 0 Å². The van der Waals surface area contributed by atoms with E-state index in [1.54, 1.807) is 0 Å². The molecule has 5 heteroatoms. The van der Waals surface area contributed by atoms with Gasteiger partial charge in [-0.3, -0.25) is 0 Å². The van der Waals surface area contributed by atoms with Gasteiger partial charge in [-0.1, -0.05) is 5.16 Å². The molecule has 0 aliphatic carbocycles. The molecular formula is C7H15N3O2. The van der Waals surface area contributed by atoms with Gasteiger partial charge < -0.3 is 20.1 Å². The van der Waals surface area contributed by atoms with Gasteiger partial charge in [0.25, 0.3) is 0 Å². The van der Waals surface area contributed by atoms with Crippen LogP contribution in [0.4, 0.5) is 0 Å². The van der Waals surface area contributed by atoms with Crippen LogP contribution in [-0.4, -0.2) is 48.8 Å². The smallest absolute Gasteiger partial charge is 0.154 e. The molecule has 0 saturated heterocycles. The number of quaternary nitrogens is 1. The standard InChI is InChI=1S/C7H15N3O2/c1-6(8-11)7(9-12)5-10(2,3)4/h5H2,1-4H3,(H-,11,12)/b8-6+,9-7-. The Morgan fingerprint density at radius 1 is 1.42 bits per heavy atom. The zero-order chi connectivity index (χ0) is 9.78. The van der Waals surface area contributed by atoms with Crippen LogP contribution in [-0.2, 0) is 0 Å². The maximum Gasteiger partial charge on any atom is 0.154 e. The molecule has 0 spiro atoms. The lowest BCUT2D eigenvalue weighted by molar-refractivity contribution is -0.860. The minimum atomic E-state index is 0.227. The summed E-state index contributed by atoms with van der Waals surface area (Å²) in [5.74, 6) is 0. The summed E-state index contributed by atoms with van der Waals surface area (Å²) in [6.07, 6.45) is 0. The van der Waals surface area contributed by atoms with Crippen LogP contribution in [0.3, 0.4) is 0 Å². The van der Waals surface area contributed by atoms with Crippen LogP contribution in [0.2, 0.25) is 0 Å². The zero-order valence-corrected chi connectivity index (χ0v) is 7.90. The molecule has 0 atom stereocenters. The fraction of sp³-hybridized carbons (Fsp3) is 0.714. The van der Waals surface area contributed by atoms with E-state index in [1.165, 1.54) is 6.92 Å². The van der Waals surface area contributed by atoms with E-state index < -0.39 is 0 Å². The number of hydrogen-bond donors (Lipinski definition) is 1. The van der Waals surface area contributed by atoms with Gasteiger partial charge in [-0.25, -0.2) is 0 Å². The van der Waals surface area contributed by atoms with Crippen molar-refractivity contribution in [1.29, 1.82) is 0 Å². The quantitative estimate of drug-likeness (QED) is 0.292. The van der Waals surface area contributed by atoms with Crippen LogP contribution in [0.1, 0.15) is 6.92 Å². The van der Waals surface area contributed by atoms with Gasteiger partial charge in [0, 0.05) is 0 Å². The van der Waals surface area contributed by atoms with Crippen LogP contribution in [0.15, 0.2) is 10.3 Å². The van der Waals surface area contributed by atoms with E-state index in [4.69, 9.17) is 5.21 Å². The minimum absolute atomic E-state index is 0.227. The lowest BCUT2D eigenvalue weighted by atomic mass is 10.2. The van der Waals surface area contributed by atoms with Crippen molar-refractivity contribution >= 4 is 11.4 Å². The van der Waals surface area contributed by atoms with E-state index >= 15 is 0 Å². The molecule has 0 fully saturated rings. The molecule has 0 aromatic heterocycles. The maximum absolute atomic E-state index is 10.1. The van der Waals surface area contributed by atoms with Crippen LogP contribution in [0.25, 0.3) is 0 Å². The molecule has 0 aromatic rings. The van der Waals surface area contributed by atoms with Gasteiger partial charge in [0.05, 0.1) is 26.9 Å². The molecule has 0 rings (SSSR count). The first-order valence-electron chi connectivity index (χ1n) is 3.59. The number of nitrogens with zero attached hydrogens (tertiary/aromatic N) is 3. The van der Waals surface area contributed by atoms with Crippen molar-refractivity contribution < 1.29 is 9.69 Å². The molecule has 0 saturated carbocycles. The first-order valence-corrected chi connectivity index (χ1v) is 3.59. The van der Waals surface area contributed by atoms with Crippen LogP contribution in [0, 0.1) is 5.21 Å². The highest BCUT2D eigenvalue weighted by Crippen LogP contribution is 1.94. The Bertz CT molecular complexity index is 203. The summed E-state index contributed by atoms with van der Waals surface area (Å²) in [6, 6.07) is 0. The molecule has 70 valence electrons. The maximum atomic E-state index is 10.1. The van der Waals surface area contributed by atoms with E-state index in [-0.39, 0.29) is 5.71 Å². The van der Waals surface area contributed by atoms with E-state index in [0.29, 0.717) is 16.7 Å². The number of rotatable bonds is 3. The Morgan fingerprint density at radius 2 is 1.92 bits per heavy atom. The molecule has 0 amide bonds. The van der Waals surface area contributed by atoms with Crippen molar-refractivity contribution in [3.05, 3.63) is 5.21 Å². The van der Waals surface area contributed by atoms with E-state index in [9.17, 15) is 5.21 Å². The summed E-state index contributed by atoms with van der Waals surface area (Å²) < 4.78 is 0.590. The molecule has 0 bridgehead atoms. The molecular weight excluding hydrogens is 158 g/mol. The summed E-state index contributed by atoms with van der Waals surface area (Å²) >= 11 is 0. The normalized spacial score (nSPS) is 15.0. The monoisotopic (exact) mass is 173 g/mol. The predicted molar refractivity (Wildman–Crippen MR) is 48.6 cm³/mol. The van der Waals surface area contributed by atoms with Gasteiger partial charge in [-0.15, -0.1) is 0 Å². The number of hydrogen-bond acceptors (Lipinski definition) is 4. The topological polar surface area (TPSA) is 68.0 Å². The fourth-order valence-corrected chi connectivity index (χ4v) is 0.720. The second-order valence-electron chi connectivity index (χ2n) is 3.67. The zero-order valence-electron chi connectivity index (χ0n) is 7.90. The third-order valence-corrected chi connectivity index (χ3v) is 1.30. The molecule has 12 heavy (non-hydrogen) atoms. The van der Waals surface area contributed by atoms with Gasteiger partial charge in [0.2, 0.25) is 0 Å². The Labute approximate surface area is 72.2 Å². The summed E-state index contributed by atoms with van der Waals surface area (Å²) in [7, 11) is 5.80. The highest BCUT2D eigenvalue weighted by molar-refractivity contribution is 6.41. The van der Waals surface area contributed by atoms with Crippen LogP contribution in [0.5, 0.6) is 0 Å². The first kappa shape index (κ1) is 10.9. The molecule has 1 N–H and O–H groups in total. The summed E-state index contributed by atoms with van der Waals surface area (Å²) in [4.78, 5) is 0. The highest BCUT2D eigenvalue weighted by atomic mass is 16.4. The van der Waals surface area contributed by atoms with Crippen molar-refractivity contribution in [3.63, 3.8) is 0 Å². The van der Waals surface area contributed by atoms with E-state index in [2.05, 4.69) is 10.3 Å². The first-order chi connectivity index (χ1) is 5.40. The van der Waals surface area contributed by atoms with Crippen molar-refractivity contribution in [2.24, 2.45) is 10.3 Å². The van der Waals surface area contributed by atoms with Gasteiger partial charge in [-0.05, 0) is 6.92 Å². The van der Waals surface area contributed by atoms with E-state index in [1.807, 2.05) is 21.1 Å². The second-order valence-corrected chi connectivity index (χ2v) is 3.67. The highest BCUT2D eigenvalue weighted by Gasteiger charge is 2.14. The predicted octanol–water partition coefficient (Wildman–Crippen LogP) is 0.482. The lowest BCUT2D eigenvalue weighted by Gasteiger charge is -2.24.